The highest BCUT2D eigenvalue weighted by Crippen LogP contribution is 2.57. The number of phenolic OH excluding ortho intramolecular Hbond substituents is 1. The third-order valence-electron chi connectivity index (χ3n) is 7.48. The van der Waals surface area contributed by atoms with Crippen LogP contribution in [0.1, 0.15) is 41.5 Å². The minimum Gasteiger partial charge on any atom is -0.504 e. The molecule has 9 heteroatoms. The van der Waals surface area contributed by atoms with Gasteiger partial charge in [0.1, 0.15) is 11.5 Å². The largest absolute Gasteiger partial charge is 0.504 e. The summed E-state index contributed by atoms with van der Waals surface area (Å²) in [4.78, 5) is 12.5. The molecule has 1 fully saturated rings. The molecule has 0 radical (unpaired) electrons. The van der Waals surface area contributed by atoms with Gasteiger partial charge in [-0.05, 0) is 68.1 Å². The van der Waals surface area contributed by atoms with E-state index in [2.05, 4.69) is 22.0 Å². The molecule has 204 valence electrons. The van der Waals surface area contributed by atoms with Gasteiger partial charge in [0.05, 0.1) is 11.1 Å². The van der Waals surface area contributed by atoms with Gasteiger partial charge < -0.3 is 10.0 Å². The Labute approximate surface area is 233 Å². The van der Waals surface area contributed by atoms with Crippen LogP contribution in [0.2, 0.25) is 0 Å². The molecular formula is C31H25F4N3OS. The van der Waals surface area contributed by atoms with E-state index in [1.165, 1.54) is 29.7 Å². The van der Waals surface area contributed by atoms with E-state index in [1.807, 2.05) is 37.3 Å². The molecule has 4 nitrogen and oxygen atoms in total. The molecule has 6 rings (SSSR count). The average Bonchev–Trinajstić information content (AvgIpc) is 3.55. The fourth-order valence-corrected chi connectivity index (χ4v) is 6.62. The number of para-hydroxylation sites is 1. The van der Waals surface area contributed by atoms with E-state index in [-0.39, 0.29) is 5.54 Å². The smallest absolute Gasteiger partial charge is 0.433 e. The molecule has 3 heterocycles. The Kier molecular flexibility index (Phi) is 6.49. The minimum absolute atomic E-state index is 0.348. The lowest BCUT2D eigenvalue weighted by molar-refractivity contribution is -0.141. The van der Waals surface area contributed by atoms with Crippen LogP contribution >= 0.6 is 11.3 Å². The summed E-state index contributed by atoms with van der Waals surface area (Å²) in [6, 6.07) is 20.9. The monoisotopic (exact) mass is 563 g/mol. The van der Waals surface area contributed by atoms with Crippen molar-refractivity contribution in [1.29, 1.82) is 0 Å². The highest BCUT2D eigenvalue weighted by atomic mass is 32.1. The second kappa shape index (κ2) is 9.89. The zero-order chi connectivity index (χ0) is 28.1. The zero-order valence-corrected chi connectivity index (χ0v) is 22.4. The first kappa shape index (κ1) is 26.3. The van der Waals surface area contributed by atoms with Gasteiger partial charge in [0.25, 0.3) is 0 Å². The van der Waals surface area contributed by atoms with Crippen LogP contribution in [0, 0.1) is 5.82 Å². The second-order valence-electron chi connectivity index (χ2n) is 10.0. The van der Waals surface area contributed by atoms with E-state index in [0.29, 0.717) is 23.5 Å². The first-order valence-corrected chi connectivity index (χ1v) is 13.7. The van der Waals surface area contributed by atoms with Crippen LogP contribution in [-0.2, 0) is 12.6 Å². The maximum Gasteiger partial charge on any atom is 0.433 e. The van der Waals surface area contributed by atoms with Crippen molar-refractivity contribution in [3.05, 3.63) is 112 Å². The molecule has 2 aromatic carbocycles. The number of aliphatic imine (C=N–C) groups is 1. The lowest BCUT2D eigenvalue weighted by Crippen LogP contribution is -2.47. The van der Waals surface area contributed by atoms with Gasteiger partial charge in [-0.25, -0.2) is 9.38 Å². The minimum atomic E-state index is -4.49. The van der Waals surface area contributed by atoms with Gasteiger partial charge in [0.2, 0.25) is 0 Å². The molecule has 0 atom stereocenters. The van der Waals surface area contributed by atoms with E-state index in [0.717, 1.165) is 51.9 Å². The number of hydrogen-bond acceptors (Lipinski definition) is 5. The summed E-state index contributed by atoms with van der Waals surface area (Å²) in [6.07, 6.45) is -0.784. The van der Waals surface area contributed by atoms with Crippen molar-refractivity contribution < 1.29 is 22.7 Å². The molecule has 0 unspecified atom stereocenters. The Morgan fingerprint density at radius 3 is 2.38 bits per heavy atom. The van der Waals surface area contributed by atoms with E-state index >= 15 is 0 Å². The number of hydrogen-bond donors (Lipinski definition) is 1. The molecular weight excluding hydrogens is 538 g/mol. The summed E-state index contributed by atoms with van der Waals surface area (Å²) in [5.74, 6) is -0.588. The van der Waals surface area contributed by atoms with Crippen molar-refractivity contribution >= 4 is 22.7 Å². The van der Waals surface area contributed by atoms with Crippen LogP contribution in [0.15, 0.2) is 89.7 Å². The van der Waals surface area contributed by atoms with Crippen LogP contribution in [0.5, 0.6) is 5.75 Å². The fraction of sp³-hybridized carbons (Fsp3) is 0.226. The number of phenols is 1. The van der Waals surface area contributed by atoms with Gasteiger partial charge in [-0.2, -0.15) is 13.2 Å². The Bertz CT molecular complexity index is 1620. The Morgan fingerprint density at radius 2 is 1.70 bits per heavy atom. The lowest BCUT2D eigenvalue weighted by Gasteiger charge is -2.40. The number of halogens is 4. The number of amidine groups is 1. The summed E-state index contributed by atoms with van der Waals surface area (Å²) < 4.78 is 53.4. The summed E-state index contributed by atoms with van der Waals surface area (Å²) in [5.41, 5.74) is 2.63. The maximum atomic E-state index is 14.4. The number of pyridine rings is 1. The van der Waals surface area contributed by atoms with Crippen LogP contribution in [0.25, 0.3) is 16.0 Å². The van der Waals surface area contributed by atoms with Gasteiger partial charge in [-0.1, -0.05) is 36.4 Å². The van der Waals surface area contributed by atoms with Gasteiger partial charge in [0.15, 0.2) is 11.6 Å². The SMILES string of the molecule is CC1=C(c2ccc(-c3ccc(C(F)(F)F)nc3)s2)C2(CC2)N(CCc2ccccc2)C(c2cccc(F)c2O)=N1. The molecule has 2 aliphatic rings. The van der Waals surface area contributed by atoms with Crippen molar-refractivity contribution in [2.45, 2.75) is 37.9 Å². The number of alkyl halides is 3. The molecule has 1 spiro atoms. The summed E-state index contributed by atoms with van der Waals surface area (Å²) >= 11 is 1.49. The molecule has 2 aromatic heterocycles. The van der Waals surface area contributed by atoms with Crippen LogP contribution in [0.3, 0.4) is 0 Å². The number of rotatable bonds is 6. The number of thiophene rings is 1. The normalized spacial score (nSPS) is 16.4. The number of aromatic hydroxyl groups is 1. The molecule has 0 saturated heterocycles. The number of benzene rings is 2. The van der Waals surface area contributed by atoms with Gasteiger partial charge >= 0.3 is 6.18 Å². The first-order chi connectivity index (χ1) is 19.2. The van der Waals surface area contributed by atoms with Crippen molar-refractivity contribution in [1.82, 2.24) is 9.88 Å². The summed E-state index contributed by atoms with van der Waals surface area (Å²) in [6.45, 7) is 2.52. The van der Waals surface area contributed by atoms with Gasteiger partial charge in [0, 0.05) is 39.3 Å². The van der Waals surface area contributed by atoms with E-state index in [1.54, 1.807) is 12.1 Å². The van der Waals surface area contributed by atoms with Crippen LogP contribution in [-0.4, -0.2) is 32.9 Å². The molecule has 1 N–H and O–H groups in total. The second-order valence-corrected chi connectivity index (χ2v) is 11.1. The molecule has 40 heavy (non-hydrogen) atoms. The van der Waals surface area contributed by atoms with Crippen molar-refractivity contribution in [2.24, 2.45) is 4.99 Å². The third-order valence-corrected chi connectivity index (χ3v) is 8.63. The topological polar surface area (TPSA) is 48.7 Å². The van der Waals surface area contributed by atoms with Crippen molar-refractivity contribution in [3.8, 4) is 16.2 Å². The fourth-order valence-electron chi connectivity index (χ4n) is 5.44. The zero-order valence-electron chi connectivity index (χ0n) is 21.5. The molecule has 1 saturated carbocycles. The highest BCUT2D eigenvalue weighted by Gasteiger charge is 2.55. The van der Waals surface area contributed by atoms with Gasteiger partial charge in [-0.3, -0.25) is 4.98 Å². The Hall–Kier alpha value is -3.98. The Balaban J connectivity index is 1.40. The predicted molar refractivity (Wildman–Crippen MR) is 149 cm³/mol. The molecule has 0 amide bonds. The summed E-state index contributed by atoms with van der Waals surface area (Å²) in [5, 5.41) is 10.6. The molecule has 1 aliphatic heterocycles. The lowest BCUT2D eigenvalue weighted by atomic mass is 9.94. The molecule has 4 aromatic rings. The molecule has 0 bridgehead atoms. The number of nitrogens with zero attached hydrogens (tertiary/aromatic N) is 3. The summed E-state index contributed by atoms with van der Waals surface area (Å²) in [7, 11) is 0. The number of allylic oxidation sites excluding steroid dienone is 1. The molecule has 1 aliphatic carbocycles. The van der Waals surface area contributed by atoms with Crippen LogP contribution in [0.4, 0.5) is 17.6 Å². The van der Waals surface area contributed by atoms with Crippen molar-refractivity contribution in [2.75, 3.05) is 6.54 Å². The van der Waals surface area contributed by atoms with Crippen LogP contribution < -0.4 is 0 Å². The quantitative estimate of drug-likeness (QED) is 0.242. The first-order valence-electron chi connectivity index (χ1n) is 12.9. The number of aromatic nitrogens is 1. The average molecular weight is 564 g/mol. The third kappa shape index (κ3) is 4.68. The predicted octanol–water partition coefficient (Wildman–Crippen LogP) is 7.94. The van der Waals surface area contributed by atoms with Crippen molar-refractivity contribution in [3.63, 3.8) is 0 Å². The highest BCUT2D eigenvalue weighted by molar-refractivity contribution is 7.16. The standard InChI is InChI=1S/C31H25F4N3OS/c1-19-27(25-12-11-24(40-25)21-10-13-26(36-18-21)31(33,34)35)30(15-16-30)38(17-14-20-6-3-2-4-7-20)29(37-19)22-8-5-9-23(32)28(22)39/h2-13,18,39H,14-17H2,1H3. The maximum absolute atomic E-state index is 14.4. The van der Waals surface area contributed by atoms with E-state index in [4.69, 9.17) is 4.99 Å². The Morgan fingerprint density at radius 1 is 0.950 bits per heavy atom. The van der Waals surface area contributed by atoms with E-state index < -0.39 is 23.4 Å². The van der Waals surface area contributed by atoms with E-state index in [9.17, 15) is 22.7 Å². The van der Waals surface area contributed by atoms with Gasteiger partial charge in [-0.15, -0.1) is 11.3 Å².